The van der Waals surface area contributed by atoms with Crippen molar-refractivity contribution in [3.05, 3.63) is 11.6 Å². The molecule has 0 radical (unpaired) electrons. The maximum Gasteiger partial charge on any atom is 0.109 e. The SMILES string of the molecule is CC/C=C(\CC)CC(C)(C)F. The van der Waals surface area contributed by atoms with E-state index in [1.54, 1.807) is 13.8 Å². The summed E-state index contributed by atoms with van der Waals surface area (Å²) in [6, 6.07) is 0. The van der Waals surface area contributed by atoms with E-state index in [0.29, 0.717) is 6.42 Å². The largest absolute Gasteiger partial charge is 0.244 e. The molecule has 0 atom stereocenters. The molecule has 0 bridgehead atoms. The highest BCUT2D eigenvalue weighted by atomic mass is 19.1. The second kappa shape index (κ2) is 4.53. The Kier molecular flexibility index (Phi) is 4.39. The Bertz CT molecular complexity index is 128. The summed E-state index contributed by atoms with van der Waals surface area (Å²) in [5.41, 5.74) is 0.191. The molecule has 0 aromatic carbocycles. The quantitative estimate of drug-likeness (QED) is 0.545. The van der Waals surface area contributed by atoms with Crippen LogP contribution in [-0.2, 0) is 0 Å². The fraction of sp³-hybridized carbons (Fsp3) is 0.800. The van der Waals surface area contributed by atoms with Crippen molar-refractivity contribution < 1.29 is 4.39 Å². The molecule has 0 rings (SSSR count). The van der Waals surface area contributed by atoms with Crippen LogP contribution in [0.2, 0.25) is 0 Å². The molecular formula is C10H19F. The molecule has 0 saturated carbocycles. The molecule has 0 fully saturated rings. The second-order valence-electron chi connectivity index (χ2n) is 3.52. The van der Waals surface area contributed by atoms with Gasteiger partial charge in [0.15, 0.2) is 0 Å². The van der Waals surface area contributed by atoms with Gasteiger partial charge in [0.05, 0.1) is 0 Å². The van der Waals surface area contributed by atoms with Crippen LogP contribution >= 0.6 is 0 Å². The van der Waals surface area contributed by atoms with E-state index in [1.165, 1.54) is 5.57 Å². The number of allylic oxidation sites excluding steroid dienone is 2. The van der Waals surface area contributed by atoms with Gasteiger partial charge in [0.25, 0.3) is 0 Å². The first-order valence-corrected chi connectivity index (χ1v) is 4.36. The third-order valence-corrected chi connectivity index (χ3v) is 1.59. The minimum absolute atomic E-state index is 0.581. The highest BCUT2D eigenvalue weighted by Gasteiger charge is 2.16. The monoisotopic (exact) mass is 158 g/mol. The smallest absolute Gasteiger partial charge is 0.109 e. The van der Waals surface area contributed by atoms with Gasteiger partial charge in [0.1, 0.15) is 5.67 Å². The first-order valence-electron chi connectivity index (χ1n) is 4.36. The van der Waals surface area contributed by atoms with Crippen LogP contribution in [0.1, 0.15) is 47.0 Å². The summed E-state index contributed by atoms with van der Waals surface area (Å²) >= 11 is 0. The van der Waals surface area contributed by atoms with Crippen molar-refractivity contribution in [2.45, 2.75) is 52.6 Å². The zero-order valence-electron chi connectivity index (χ0n) is 8.08. The Balaban J connectivity index is 3.99. The maximum absolute atomic E-state index is 13.1. The Morgan fingerprint density at radius 3 is 2.18 bits per heavy atom. The first-order chi connectivity index (χ1) is 4.99. The van der Waals surface area contributed by atoms with Gasteiger partial charge >= 0.3 is 0 Å². The standard InChI is InChI=1S/C10H19F/c1-5-7-9(6-2)8-10(3,4)11/h7H,5-6,8H2,1-4H3/b9-7+. The molecule has 0 aliphatic carbocycles. The summed E-state index contributed by atoms with van der Waals surface area (Å²) in [5, 5.41) is 0. The van der Waals surface area contributed by atoms with Gasteiger partial charge in [-0.2, -0.15) is 0 Å². The third-order valence-electron chi connectivity index (χ3n) is 1.59. The molecule has 0 aliphatic heterocycles. The predicted octanol–water partition coefficient (Wildman–Crippen LogP) is 3.87. The summed E-state index contributed by atoms with van der Waals surface area (Å²) < 4.78 is 13.1. The second-order valence-corrected chi connectivity index (χ2v) is 3.52. The van der Waals surface area contributed by atoms with Gasteiger partial charge in [0.2, 0.25) is 0 Å². The van der Waals surface area contributed by atoms with E-state index in [0.717, 1.165) is 12.8 Å². The Hall–Kier alpha value is -0.330. The van der Waals surface area contributed by atoms with Gasteiger partial charge < -0.3 is 0 Å². The lowest BCUT2D eigenvalue weighted by Crippen LogP contribution is -2.12. The van der Waals surface area contributed by atoms with Crippen LogP contribution in [0.5, 0.6) is 0 Å². The van der Waals surface area contributed by atoms with Crippen molar-refractivity contribution in [1.29, 1.82) is 0 Å². The normalized spacial score (nSPS) is 13.7. The molecule has 0 amide bonds. The summed E-state index contributed by atoms with van der Waals surface area (Å²) in [7, 11) is 0. The number of alkyl halides is 1. The van der Waals surface area contributed by atoms with Crippen molar-refractivity contribution in [3.8, 4) is 0 Å². The molecule has 0 saturated heterocycles. The summed E-state index contributed by atoms with van der Waals surface area (Å²) in [5.74, 6) is 0. The van der Waals surface area contributed by atoms with E-state index < -0.39 is 5.67 Å². The minimum atomic E-state index is -1.04. The summed E-state index contributed by atoms with van der Waals surface area (Å²) in [6.45, 7) is 7.42. The van der Waals surface area contributed by atoms with Gasteiger partial charge in [0, 0.05) is 6.42 Å². The average molecular weight is 158 g/mol. The van der Waals surface area contributed by atoms with Crippen LogP contribution in [-0.4, -0.2) is 5.67 Å². The molecule has 0 unspecified atom stereocenters. The zero-order chi connectivity index (χ0) is 8.91. The Morgan fingerprint density at radius 2 is 1.91 bits per heavy atom. The zero-order valence-corrected chi connectivity index (χ0v) is 8.08. The van der Waals surface area contributed by atoms with Crippen LogP contribution < -0.4 is 0 Å². The van der Waals surface area contributed by atoms with Crippen LogP contribution in [0.3, 0.4) is 0 Å². The first kappa shape index (κ1) is 10.7. The third kappa shape index (κ3) is 6.08. The number of halogens is 1. The van der Waals surface area contributed by atoms with Gasteiger partial charge in [-0.05, 0) is 26.7 Å². The lowest BCUT2D eigenvalue weighted by Gasteiger charge is -2.15. The molecule has 0 heterocycles. The highest BCUT2D eigenvalue weighted by Crippen LogP contribution is 2.21. The van der Waals surface area contributed by atoms with E-state index in [2.05, 4.69) is 19.9 Å². The van der Waals surface area contributed by atoms with Gasteiger partial charge in [-0.25, -0.2) is 4.39 Å². The number of hydrogen-bond acceptors (Lipinski definition) is 0. The van der Waals surface area contributed by atoms with E-state index in [4.69, 9.17) is 0 Å². The molecule has 66 valence electrons. The van der Waals surface area contributed by atoms with Crippen LogP contribution in [0.15, 0.2) is 11.6 Å². The molecule has 0 N–H and O–H groups in total. The van der Waals surface area contributed by atoms with E-state index in [1.807, 2.05) is 0 Å². The van der Waals surface area contributed by atoms with Crippen molar-refractivity contribution in [2.24, 2.45) is 0 Å². The summed E-state index contributed by atoms with van der Waals surface area (Å²) in [6.07, 6.45) is 4.69. The lowest BCUT2D eigenvalue weighted by atomic mass is 9.98. The van der Waals surface area contributed by atoms with Crippen molar-refractivity contribution >= 4 is 0 Å². The highest BCUT2D eigenvalue weighted by molar-refractivity contribution is 5.04. The van der Waals surface area contributed by atoms with Crippen LogP contribution in [0.4, 0.5) is 4.39 Å². The van der Waals surface area contributed by atoms with Gasteiger partial charge in [-0.15, -0.1) is 0 Å². The number of hydrogen-bond donors (Lipinski definition) is 0. The van der Waals surface area contributed by atoms with E-state index in [9.17, 15) is 4.39 Å². The molecule has 0 aliphatic rings. The van der Waals surface area contributed by atoms with E-state index in [-0.39, 0.29) is 0 Å². The molecule has 1 heteroatoms. The molecular weight excluding hydrogens is 139 g/mol. The molecule has 0 aromatic heterocycles. The van der Waals surface area contributed by atoms with Crippen molar-refractivity contribution in [3.63, 3.8) is 0 Å². The fourth-order valence-electron chi connectivity index (χ4n) is 1.17. The molecule has 11 heavy (non-hydrogen) atoms. The molecule has 0 nitrogen and oxygen atoms in total. The topological polar surface area (TPSA) is 0 Å². The Morgan fingerprint density at radius 1 is 1.36 bits per heavy atom. The predicted molar refractivity (Wildman–Crippen MR) is 48.5 cm³/mol. The number of rotatable bonds is 4. The molecule has 0 aromatic rings. The summed E-state index contributed by atoms with van der Waals surface area (Å²) in [4.78, 5) is 0. The maximum atomic E-state index is 13.1. The van der Waals surface area contributed by atoms with Crippen molar-refractivity contribution in [1.82, 2.24) is 0 Å². The Labute approximate surface area is 69.5 Å². The van der Waals surface area contributed by atoms with Crippen LogP contribution in [0, 0.1) is 0 Å². The lowest BCUT2D eigenvalue weighted by molar-refractivity contribution is 0.215. The van der Waals surface area contributed by atoms with Crippen molar-refractivity contribution in [2.75, 3.05) is 0 Å². The fourth-order valence-corrected chi connectivity index (χ4v) is 1.17. The average Bonchev–Trinajstić information content (AvgIpc) is 1.84. The van der Waals surface area contributed by atoms with Gasteiger partial charge in [-0.3, -0.25) is 0 Å². The van der Waals surface area contributed by atoms with Crippen LogP contribution in [0.25, 0.3) is 0 Å². The molecule has 0 spiro atoms. The van der Waals surface area contributed by atoms with E-state index >= 15 is 0 Å². The van der Waals surface area contributed by atoms with Gasteiger partial charge in [-0.1, -0.05) is 25.5 Å². The minimum Gasteiger partial charge on any atom is -0.244 e.